The summed E-state index contributed by atoms with van der Waals surface area (Å²) in [6.07, 6.45) is 4.34. The minimum absolute atomic E-state index is 0.0503. The molecule has 1 aliphatic carbocycles. The number of para-hydroxylation sites is 1. The van der Waals surface area contributed by atoms with Crippen LogP contribution < -0.4 is 4.90 Å². The Labute approximate surface area is 142 Å². The minimum Gasteiger partial charge on any atom is -0.392 e. The molecule has 1 aromatic heterocycles. The van der Waals surface area contributed by atoms with Crippen LogP contribution in [0.2, 0.25) is 0 Å². The van der Waals surface area contributed by atoms with E-state index >= 15 is 0 Å². The molecule has 2 atom stereocenters. The Bertz CT molecular complexity index is 738. The summed E-state index contributed by atoms with van der Waals surface area (Å²) in [5.74, 6) is 1.01. The third-order valence-electron chi connectivity index (χ3n) is 5.95. The summed E-state index contributed by atoms with van der Waals surface area (Å²) in [4.78, 5) is 11.3. The molecule has 2 aliphatic rings. The van der Waals surface area contributed by atoms with Crippen molar-refractivity contribution in [2.45, 2.75) is 45.3 Å². The number of piperidine rings is 1. The van der Waals surface area contributed by atoms with Gasteiger partial charge < -0.3 is 14.7 Å². The van der Waals surface area contributed by atoms with Gasteiger partial charge in [0.2, 0.25) is 0 Å². The maximum absolute atomic E-state index is 10.4. The van der Waals surface area contributed by atoms with Crippen LogP contribution in [0.3, 0.4) is 0 Å². The molecule has 1 spiro atoms. The fourth-order valence-corrected chi connectivity index (χ4v) is 4.43. The molecule has 5 nitrogen and oxygen atoms in total. The molecule has 2 aromatic rings. The summed E-state index contributed by atoms with van der Waals surface area (Å²) >= 11 is 0. The van der Waals surface area contributed by atoms with Crippen molar-refractivity contribution in [1.82, 2.24) is 9.97 Å². The maximum atomic E-state index is 10.4. The summed E-state index contributed by atoms with van der Waals surface area (Å²) in [6.45, 7) is 6.64. The Morgan fingerprint density at radius 2 is 2.08 bits per heavy atom. The Morgan fingerprint density at radius 1 is 1.29 bits per heavy atom. The predicted molar refractivity (Wildman–Crippen MR) is 94.2 cm³/mol. The van der Waals surface area contributed by atoms with Gasteiger partial charge in [-0.1, -0.05) is 12.1 Å². The Balaban J connectivity index is 1.58. The second kappa shape index (κ2) is 5.97. The molecule has 0 unspecified atom stereocenters. The molecule has 2 fully saturated rings. The zero-order valence-corrected chi connectivity index (χ0v) is 14.4. The third-order valence-corrected chi connectivity index (χ3v) is 5.95. The van der Waals surface area contributed by atoms with Crippen molar-refractivity contribution in [3.63, 3.8) is 0 Å². The first-order chi connectivity index (χ1) is 11.7. The number of anilines is 1. The molecule has 0 bridgehead atoms. The van der Waals surface area contributed by atoms with Crippen LogP contribution in [0.4, 0.5) is 5.82 Å². The number of nitrogens with zero attached hydrogens (tertiary/aromatic N) is 3. The highest BCUT2D eigenvalue weighted by atomic mass is 16.5. The predicted octanol–water partition coefficient (Wildman–Crippen LogP) is 2.69. The van der Waals surface area contributed by atoms with Crippen LogP contribution in [0.25, 0.3) is 10.9 Å². The highest BCUT2D eigenvalue weighted by Gasteiger charge is 2.56. The number of aryl methyl sites for hydroxylation is 1. The largest absolute Gasteiger partial charge is 0.392 e. The zero-order valence-electron chi connectivity index (χ0n) is 14.4. The molecule has 1 aliphatic heterocycles. The van der Waals surface area contributed by atoms with Crippen LogP contribution in [0.15, 0.2) is 24.5 Å². The van der Waals surface area contributed by atoms with E-state index in [9.17, 15) is 5.11 Å². The smallest absolute Gasteiger partial charge is 0.139 e. The fourth-order valence-electron chi connectivity index (χ4n) is 4.43. The van der Waals surface area contributed by atoms with Gasteiger partial charge in [-0.15, -0.1) is 0 Å². The van der Waals surface area contributed by atoms with Crippen LogP contribution in [0.5, 0.6) is 0 Å². The van der Waals surface area contributed by atoms with E-state index in [-0.39, 0.29) is 17.6 Å². The van der Waals surface area contributed by atoms with Gasteiger partial charge in [-0.2, -0.15) is 0 Å². The molecule has 24 heavy (non-hydrogen) atoms. The highest BCUT2D eigenvalue weighted by molar-refractivity contribution is 5.91. The lowest BCUT2D eigenvalue weighted by Gasteiger charge is -2.56. The van der Waals surface area contributed by atoms with E-state index in [1.165, 1.54) is 5.56 Å². The number of benzene rings is 1. The number of aliphatic hydroxyl groups excluding tert-OH is 1. The lowest BCUT2D eigenvalue weighted by atomic mass is 9.58. The monoisotopic (exact) mass is 327 g/mol. The minimum atomic E-state index is -0.222. The van der Waals surface area contributed by atoms with E-state index in [1.807, 2.05) is 6.92 Å². The normalized spacial score (nSPS) is 25.9. The summed E-state index contributed by atoms with van der Waals surface area (Å²) in [7, 11) is 0. The highest BCUT2D eigenvalue weighted by Crippen LogP contribution is 2.51. The standard InChI is InChI=1S/C19H25N3O2/c1-3-24-16-11-15(23)19(16)7-9-22(10-8-19)18-14-6-4-5-13(2)17(14)20-12-21-18/h4-6,12,15-16,23H,3,7-11H2,1-2H3/t15-,16+/m0/s1. The van der Waals surface area contributed by atoms with Gasteiger partial charge in [0.15, 0.2) is 0 Å². The maximum Gasteiger partial charge on any atom is 0.139 e. The average molecular weight is 327 g/mol. The molecule has 128 valence electrons. The third kappa shape index (κ3) is 2.30. The first kappa shape index (κ1) is 15.8. The summed E-state index contributed by atoms with van der Waals surface area (Å²) in [5.41, 5.74) is 2.15. The Hall–Kier alpha value is -1.72. The molecular formula is C19H25N3O2. The van der Waals surface area contributed by atoms with Crippen LogP contribution in [0.1, 0.15) is 31.7 Å². The lowest BCUT2D eigenvalue weighted by molar-refractivity contribution is -0.199. The van der Waals surface area contributed by atoms with Crippen molar-refractivity contribution in [3.8, 4) is 0 Å². The molecule has 1 aromatic carbocycles. The SMILES string of the molecule is CCO[C@@H]1C[C@H](O)C12CCN(c1ncnc3c(C)cccc13)CC2. The number of ether oxygens (including phenoxy) is 1. The van der Waals surface area contributed by atoms with Crippen molar-refractivity contribution in [3.05, 3.63) is 30.1 Å². The van der Waals surface area contributed by atoms with Gasteiger partial charge >= 0.3 is 0 Å². The Kier molecular flexibility index (Phi) is 3.93. The first-order valence-corrected chi connectivity index (χ1v) is 8.90. The van der Waals surface area contributed by atoms with Gasteiger partial charge in [0.05, 0.1) is 17.7 Å². The van der Waals surface area contributed by atoms with Crippen molar-refractivity contribution < 1.29 is 9.84 Å². The topological polar surface area (TPSA) is 58.5 Å². The number of hydrogen-bond acceptors (Lipinski definition) is 5. The van der Waals surface area contributed by atoms with E-state index < -0.39 is 0 Å². The van der Waals surface area contributed by atoms with Gasteiger partial charge in [0.1, 0.15) is 12.1 Å². The molecule has 1 N–H and O–H groups in total. The van der Waals surface area contributed by atoms with Crippen molar-refractivity contribution in [1.29, 1.82) is 0 Å². The molecule has 4 rings (SSSR count). The number of rotatable bonds is 3. The fraction of sp³-hybridized carbons (Fsp3) is 0.579. The van der Waals surface area contributed by atoms with Gasteiger partial charge in [-0.05, 0) is 38.3 Å². The van der Waals surface area contributed by atoms with E-state index in [0.29, 0.717) is 0 Å². The summed E-state index contributed by atoms with van der Waals surface area (Å²) < 4.78 is 5.86. The number of hydrogen-bond donors (Lipinski definition) is 1. The molecular weight excluding hydrogens is 302 g/mol. The molecule has 2 heterocycles. The number of fused-ring (bicyclic) bond motifs is 1. The molecule has 1 saturated carbocycles. The molecule has 5 heteroatoms. The number of aliphatic hydroxyl groups is 1. The van der Waals surface area contributed by atoms with Gasteiger partial charge in [-0.3, -0.25) is 0 Å². The Morgan fingerprint density at radius 3 is 2.79 bits per heavy atom. The number of aromatic nitrogens is 2. The summed E-state index contributed by atoms with van der Waals surface area (Å²) in [6, 6.07) is 6.25. The molecule has 1 saturated heterocycles. The van der Waals surface area contributed by atoms with E-state index in [1.54, 1.807) is 6.33 Å². The van der Waals surface area contributed by atoms with Crippen LogP contribution in [-0.2, 0) is 4.74 Å². The average Bonchev–Trinajstić information content (AvgIpc) is 2.62. The van der Waals surface area contributed by atoms with Crippen LogP contribution in [0, 0.1) is 12.3 Å². The van der Waals surface area contributed by atoms with Crippen molar-refractivity contribution in [2.75, 3.05) is 24.6 Å². The second-order valence-corrected chi connectivity index (χ2v) is 7.08. The molecule has 0 radical (unpaired) electrons. The van der Waals surface area contributed by atoms with Crippen LogP contribution in [-0.4, -0.2) is 47.0 Å². The lowest BCUT2D eigenvalue weighted by Crippen LogP contribution is -2.62. The second-order valence-electron chi connectivity index (χ2n) is 7.08. The van der Waals surface area contributed by atoms with Crippen LogP contribution >= 0.6 is 0 Å². The van der Waals surface area contributed by atoms with Gasteiger partial charge in [0, 0.05) is 36.9 Å². The molecule has 0 amide bonds. The zero-order chi connectivity index (χ0) is 16.7. The van der Waals surface area contributed by atoms with E-state index in [0.717, 1.165) is 55.7 Å². The van der Waals surface area contributed by atoms with Gasteiger partial charge in [0.25, 0.3) is 0 Å². The quantitative estimate of drug-likeness (QED) is 0.939. The van der Waals surface area contributed by atoms with Crippen molar-refractivity contribution in [2.24, 2.45) is 5.41 Å². The van der Waals surface area contributed by atoms with E-state index in [4.69, 9.17) is 4.74 Å². The first-order valence-electron chi connectivity index (χ1n) is 8.90. The summed E-state index contributed by atoms with van der Waals surface area (Å²) in [5, 5.41) is 11.5. The van der Waals surface area contributed by atoms with Gasteiger partial charge in [-0.25, -0.2) is 9.97 Å². The van der Waals surface area contributed by atoms with E-state index in [2.05, 4.69) is 40.0 Å². The van der Waals surface area contributed by atoms with Crippen molar-refractivity contribution >= 4 is 16.7 Å².